The first-order valence-corrected chi connectivity index (χ1v) is 20.9. The third-order valence-corrected chi connectivity index (χ3v) is 8.95. The van der Waals surface area contributed by atoms with Crippen molar-refractivity contribution in [3.63, 3.8) is 0 Å². The van der Waals surface area contributed by atoms with Gasteiger partial charge in [-0.25, -0.2) is 9.97 Å². The number of aromatic nitrogens is 2. The zero-order valence-corrected chi connectivity index (χ0v) is 36.6. The smallest absolute Gasteiger partial charge is 0.274 e. The van der Waals surface area contributed by atoms with Crippen LogP contribution in [-0.4, -0.2) is 146 Å². The first-order valence-electron chi connectivity index (χ1n) is 20.9. The molecule has 27 N–H and O–H groups in total. The summed E-state index contributed by atoms with van der Waals surface area (Å²) in [6, 6.07) is -4.49. The SMILES string of the molecule is CC(C)NCCC[C@H](NC(=O)c1nc(N)c(C(=O)N[C@@H](CCCNC(=N)N)C(=O)NC(CCCNC(=N)N)C(=O)NCCN)nc1N)C(=O)NC(CCCNC(=N)N)C(=O)NCCN. The molecule has 6 amide bonds. The highest BCUT2D eigenvalue weighted by molar-refractivity contribution is 6.03. The van der Waals surface area contributed by atoms with E-state index in [1.807, 2.05) is 13.8 Å². The summed E-state index contributed by atoms with van der Waals surface area (Å²) in [6.07, 6.45) is 1.66. The van der Waals surface area contributed by atoms with Crippen molar-refractivity contribution >= 4 is 65.0 Å². The summed E-state index contributed by atoms with van der Waals surface area (Å²) in [5.41, 5.74) is 38.4. The highest BCUT2D eigenvalue weighted by Gasteiger charge is 2.31. The molecular weight excluding hydrogens is 837 g/mol. The van der Waals surface area contributed by atoms with Gasteiger partial charge in [-0.15, -0.1) is 0 Å². The summed E-state index contributed by atoms with van der Waals surface area (Å²) in [5, 5.41) is 48.9. The van der Waals surface area contributed by atoms with Gasteiger partial charge < -0.3 is 93.3 Å². The van der Waals surface area contributed by atoms with Crippen LogP contribution in [0.4, 0.5) is 11.6 Å². The molecule has 360 valence electrons. The summed E-state index contributed by atoms with van der Waals surface area (Å²) in [7, 11) is 0. The number of anilines is 2. The maximum absolute atomic E-state index is 13.7. The standard InChI is InChI=1S/C36H70N22O6/c1-19(2)47-13-3-9-22(30(61)53-20(28(59)48-17-11-37)7-4-14-50-34(41)42)55-32(63)24-26(39)58-25(27(40)57-24)33(64)56-23(10-6-16-52-36(45)46)31(62)54-21(29(60)49-18-12-38)8-5-15-51-35(43)44/h19-23,47H,3-18,37-38H2,1-2H3,(H2,39,58)(H2,40,57)(H,48,59)(H,49,60)(H,53,61)(H,54,62)(H,55,63)(H,56,64)(H4,41,42,50)(H4,43,44,51)(H4,45,46,52)/t20?,21?,22-,23-/m0/s1. The van der Waals surface area contributed by atoms with Crippen molar-refractivity contribution in [1.82, 2.24) is 63.1 Å². The first kappa shape index (κ1) is 55.2. The van der Waals surface area contributed by atoms with E-state index in [1.165, 1.54) is 0 Å². The fourth-order valence-electron chi connectivity index (χ4n) is 5.79. The van der Waals surface area contributed by atoms with Gasteiger partial charge in [0.2, 0.25) is 23.6 Å². The molecule has 2 unspecified atom stereocenters. The molecule has 1 aromatic heterocycles. The van der Waals surface area contributed by atoms with Crippen molar-refractivity contribution in [2.24, 2.45) is 28.7 Å². The molecule has 0 spiro atoms. The van der Waals surface area contributed by atoms with E-state index in [0.29, 0.717) is 25.8 Å². The predicted molar refractivity (Wildman–Crippen MR) is 241 cm³/mol. The minimum atomic E-state index is -1.30. The zero-order chi connectivity index (χ0) is 48.2. The van der Waals surface area contributed by atoms with E-state index in [9.17, 15) is 28.8 Å². The molecule has 0 aliphatic heterocycles. The van der Waals surface area contributed by atoms with Crippen LogP contribution in [0.3, 0.4) is 0 Å². The number of nitrogens with one attached hydrogen (secondary N) is 13. The van der Waals surface area contributed by atoms with E-state index in [1.54, 1.807) is 0 Å². The zero-order valence-electron chi connectivity index (χ0n) is 36.6. The second-order valence-electron chi connectivity index (χ2n) is 14.7. The quantitative estimate of drug-likeness (QED) is 0.0187. The number of nitrogens with two attached hydrogens (primary N) is 7. The molecule has 0 aliphatic rings. The maximum Gasteiger partial charge on any atom is 0.274 e. The van der Waals surface area contributed by atoms with Crippen LogP contribution in [0.25, 0.3) is 0 Å². The highest BCUT2D eigenvalue weighted by Crippen LogP contribution is 2.15. The number of amides is 6. The maximum atomic E-state index is 13.7. The number of nitrogen functional groups attached to an aromatic ring is 2. The van der Waals surface area contributed by atoms with E-state index in [0.717, 1.165) is 0 Å². The number of guanidine groups is 3. The summed E-state index contributed by atoms with van der Waals surface area (Å²) < 4.78 is 0. The molecule has 0 aliphatic carbocycles. The van der Waals surface area contributed by atoms with Crippen LogP contribution in [0, 0.1) is 16.2 Å². The van der Waals surface area contributed by atoms with Gasteiger partial charge >= 0.3 is 0 Å². The van der Waals surface area contributed by atoms with Crippen molar-refractivity contribution in [3.8, 4) is 0 Å². The number of carbonyl (C=O) groups excluding carboxylic acids is 6. The Balaban J connectivity index is 3.39. The first-order chi connectivity index (χ1) is 30.3. The monoisotopic (exact) mass is 907 g/mol. The lowest BCUT2D eigenvalue weighted by atomic mass is 10.1. The Bertz CT molecular complexity index is 1730. The fraction of sp³-hybridized carbons (Fsp3) is 0.639. The van der Waals surface area contributed by atoms with Crippen LogP contribution in [0.5, 0.6) is 0 Å². The van der Waals surface area contributed by atoms with Gasteiger partial charge in [-0.3, -0.25) is 45.0 Å². The van der Waals surface area contributed by atoms with Crippen LogP contribution in [0.15, 0.2) is 0 Å². The van der Waals surface area contributed by atoms with E-state index >= 15 is 0 Å². The average Bonchev–Trinajstić information content (AvgIpc) is 3.23. The minimum absolute atomic E-state index is 0.0226. The summed E-state index contributed by atoms with van der Waals surface area (Å²) >= 11 is 0. The van der Waals surface area contributed by atoms with Gasteiger partial charge in [-0.2, -0.15) is 0 Å². The Labute approximate surface area is 371 Å². The Kier molecular flexibility index (Phi) is 26.1. The van der Waals surface area contributed by atoms with Gasteiger partial charge in [0.25, 0.3) is 11.8 Å². The number of carbonyl (C=O) groups is 6. The predicted octanol–water partition coefficient (Wildman–Crippen LogP) is -6.47. The van der Waals surface area contributed by atoms with Crippen molar-refractivity contribution in [2.75, 3.05) is 63.8 Å². The second kappa shape index (κ2) is 30.3. The second-order valence-corrected chi connectivity index (χ2v) is 14.7. The van der Waals surface area contributed by atoms with E-state index in [4.69, 9.17) is 56.4 Å². The van der Waals surface area contributed by atoms with Gasteiger partial charge in [0.05, 0.1) is 0 Å². The molecule has 28 heteroatoms. The Hall–Kier alpha value is -6.81. The molecule has 4 atom stereocenters. The molecule has 28 nitrogen and oxygen atoms in total. The summed E-state index contributed by atoms with van der Waals surface area (Å²) in [4.78, 5) is 88.8. The molecule has 0 radical (unpaired) electrons. The molecule has 0 aromatic carbocycles. The largest absolute Gasteiger partial charge is 0.382 e. The Morgan fingerprint density at radius 2 is 0.797 bits per heavy atom. The Morgan fingerprint density at radius 1 is 0.484 bits per heavy atom. The van der Waals surface area contributed by atoms with Gasteiger partial charge in [0.15, 0.2) is 40.9 Å². The number of hydrogen-bond donors (Lipinski definition) is 20. The van der Waals surface area contributed by atoms with Gasteiger partial charge in [0, 0.05) is 51.9 Å². The van der Waals surface area contributed by atoms with Gasteiger partial charge in [-0.05, 0) is 57.9 Å². The van der Waals surface area contributed by atoms with E-state index in [-0.39, 0.29) is 102 Å². The molecule has 0 saturated carbocycles. The highest BCUT2D eigenvalue weighted by atomic mass is 16.2. The molecule has 1 rings (SSSR count). The third kappa shape index (κ3) is 22.3. The van der Waals surface area contributed by atoms with Crippen LogP contribution in [0.2, 0.25) is 0 Å². The van der Waals surface area contributed by atoms with Gasteiger partial charge in [0.1, 0.15) is 24.2 Å². The van der Waals surface area contributed by atoms with Crippen LogP contribution in [-0.2, 0) is 19.2 Å². The minimum Gasteiger partial charge on any atom is -0.382 e. The van der Waals surface area contributed by atoms with E-state index < -0.39 is 82.6 Å². The lowest BCUT2D eigenvalue weighted by molar-refractivity contribution is -0.130. The third-order valence-electron chi connectivity index (χ3n) is 8.95. The molecular formula is C36H70N22O6. The molecule has 0 fully saturated rings. The van der Waals surface area contributed by atoms with Crippen molar-refractivity contribution in [2.45, 2.75) is 95.4 Å². The molecule has 1 aromatic rings. The fourth-order valence-corrected chi connectivity index (χ4v) is 5.79. The van der Waals surface area contributed by atoms with Crippen molar-refractivity contribution in [1.29, 1.82) is 16.2 Å². The number of hydrogen-bond acceptors (Lipinski definition) is 16. The Morgan fingerprint density at radius 3 is 1.09 bits per heavy atom. The topological polar surface area (TPSA) is 502 Å². The van der Waals surface area contributed by atoms with Crippen molar-refractivity contribution < 1.29 is 28.8 Å². The average molecular weight is 907 g/mol. The normalized spacial score (nSPS) is 12.6. The van der Waals surface area contributed by atoms with Crippen LogP contribution in [0.1, 0.15) is 86.2 Å². The molecule has 0 bridgehead atoms. The number of nitrogens with zero attached hydrogens (tertiary/aromatic N) is 2. The lowest BCUT2D eigenvalue weighted by Gasteiger charge is -2.24. The van der Waals surface area contributed by atoms with E-state index in [2.05, 4.69) is 63.1 Å². The van der Waals surface area contributed by atoms with Crippen molar-refractivity contribution in [3.05, 3.63) is 11.4 Å². The number of rotatable bonds is 31. The lowest BCUT2D eigenvalue weighted by Crippen LogP contribution is -2.54. The molecule has 1 heterocycles. The summed E-state index contributed by atoms with van der Waals surface area (Å²) in [5.74, 6) is -6.43. The van der Waals surface area contributed by atoms with Crippen LogP contribution < -0.4 is 93.3 Å². The van der Waals surface area contributed by atoms with Crippen LogP contribution >= 0.6 is 0 Å². The molecule has 0 saturated heterocycles. The summed E-state index contributed by atoms with van der Waals surface area (Å²) in [6.45, 7) is 5.57. The molecule has 64 heavy (non-hydrogen) atoms. The van der Waals surface area contributed by atoms with Gasteiger partial charge in [-0.1, -0.05) is 13.8 Å².